The fraction of sp³-hybridized carbons (Fsp3) is 0.900. The molecule has 0 aliphatic carbocycles. The zero-order chi connectivity index (χ0) is 9.68. The van der Waals surface area contributed by atoms with E-state index in [1.54, 1.807) is 0 Å². The molecule has 0 aromatic rings. The summed E-state index contributed by atoms with van der Waals surface area (Å²) in [7, 11) is 0. The fourth-order valence-corrected chi connectivity index (χ4v) is 1.67. The third kappa shape index (κ3) is 3.77. The third-order valence-electron chi connectivity index (χ3n) is 2.34. The van der Waals surface area contributed by atoms with Crippen LogP contribution < -0.4 is 0 Å². The largest absolute Gasteiger partial charge is 0.462 e. The maximum absolute atomic E-state index is 10.8. The van der Waals surface area contributed by atoms with Crippen molar-refractivity contribution < 1.29 is 14.3 Å². The van der Waals surface area contributed by atoms with E-state index in [1.807, 2.05) is 0 Å². The number of carbonyl (C=O) groups is 1. The zero-order valence-electron chi connectivity index (χ0n) is 8.41. The van der Waals surface area contributed by atoms with Crippen molar-refractivity contribution in [2.75, 3.05) is 6.61 Å². The summed E-state index contributed by atoms with van der Waals surface area (Å²) in [6.45, 7) is 4.36. The van der Waals surface area contributed by atoms with E-state index in [-0.39, 0.29) is 18.2 Å². The van der Waals surface area contributed by atoms with Gasteiger partial charge < -0.3 is 9.47 Å². The Kier molecular flexibility index (Phi) is 4.22. The second-order valence-corrected chi connectivity index (χ2v) is 3.51. The minimum absolute atomic E-state index is 0.0740. The average Bonchev–Trinajstić information content (AvgIpc) is 2.28. The molecule has 0 bridgehead atoms. The summed E-state index contributed by atoms with van der Waals surface area (Å²) in [6, 6.07) is 0. The first-order valence-electron chi connectivity index (χ1n) is 5.01. The van der Waals surface area contributed by atoms with Gasteiger partial charge in [-0.3, -0.25) is 4.79 Å². The van der Waals surface area contributed by atoms with Gasteiger partial charge in [-0.05, 0) is 19.3 Å². The number of carbonyl (C=O) groups excluding carboxylic acids is 1. The Morgan fingerprint density at radius 1 is 1.62 bits per heavy atom. The predicted molar refractivity (Wildman–Crippen MR) is 49.4 cm³/mol. The molecule has 1 saturated heterocycles. The van der Waals surface area contributed by atoms with Gasteiger partial charge >= 0.3 is 5.97 Å². The summed E-state index contributed by atoms with van der Waals surface area (Å²) in [5.41, 5.74) is 0. The van der Waals surface area contributed by atoms with Crippen LogP contribution in [0, 0.1) is 0 Å². The van der Waals surface area contributed by atoms with Crippen molar-refractivity contribution in [2.24, 2.45) is 0 Å². The molecule has 13 heavy (non-hydrogen) atoms. The van der Waals surface area contributed by atoms with Crippen molar-refractivity contribution in [3.63, 3.8) is 0 Å². The molecule has 1 aliphatic heterocycles. The Bertz CT molecular complexity index is 168. The molecule has 2 atom stereocenters. The van der Waals surface area contributed by atoms with E-state index in [1.165, 1.54) is 6.92 Å². The molecule has 2 unspecified atom stereocenters. The van der Waals surface area contributed by atoms with Gasteiger partial charge in [-0.25, -0.2) is 0 Å². The highest BCUT2D eigenvalue weighted by atomic mass is 16.5. The lowest BCUT2D eigenvalue weighted by Gasteiger charge is -2.18. The van der Waals surface area contributed by atoms with Crippen molar-refractivity contribution in [2.45, 2.75) is 51.7 Å². The van der Waals surface area contributed by atoms with Crippen LogP contribution in [0.25, 0.3) is 0 Å². The summed E-state index contributed by atoms with van der Waals surface area (Å²) in [6.07, 6.45) is 4.13. The second kappa shape index (κ2) is 5.22. The first-order chi connectivity index (χ1) is 6.22. The van der Waals surface area contributed by atoms with Crippen LogP contribution in [0.4, 0.5) is 0 Å². The first-order valence-corrected chi connectivity index (χ1v) is 5.01. The molecule has 0 amide bonds. The molecule has 0 aromatic carbocycles. The Balaban J connectivity index is 2.39. The molecule has 3 nitrogen and oxygen atoms in total. The minimum Gasteiger partial charge on any atom is -0.462 e. The van der Waals surface area contributed by atoms with E-state index in [0.717, 1.165) is 32.3 Å². The number of ether oxygens (including phenoxy) is 2. The zero-order valence-corrected chi connectivity index (χ0v) is 8.41. The van der Waals surface area contributed by atoms with Crippen LogP contribution in [0.1, 0.15) is 39.5 Å². The maximum Gasteiger partial charge on any atom is 0.302 e. The van der Waals surface area contributed by atoms with Gasteiger partial charge in [0.05, 0.1) is 6.10 Å². The Morgan fingerprint density at radius 3 is 3.00 bits per heavy atom. The molecular formula is C10H18O3. The van der Waals surface area contributed by atoms with Gasteiger partial charge in [-0.2, -0.15) is 0 Å². The van der Waals surface area contributed by atoms with E-state index in [4.69, 9.17) is 9.47 Å². The molecule has 1 aliphatic rings. The normalized spacial score (nSPS) is 29.4. The van der Waals surface area contributed by atoms with E-state index in [9.17, 15) is 4.79 Å². The highest BCUT2D eigenvalue weighted by molar-refractivity contribution is 5.66. The van der Waals surface area contributed by atoms with Gasteiger partial charge in [-0.15, -0.1) is 0 Å². The molecule has 76 valence electrons. The SMILES string of the molecule is CCC1CC(OC(C)=O)CCCO1. The summed E-state index contributed by atoms with van der Waals surface area (Å²) < 4.78 is 10.8. The van der Waals surface area contributed by atoms with E-state index >= 15 is 0 Å². The van der Waals surface area contributed by atoms with E-state index in [2.05, 4.69) is 6.92 Å². The number of hydrogen-bond acceptors (Lipinski definition) is 3. The van der Waals surface area contributed by atoms with Crippen molar-refractivity contribution in [1.29, 1.82) is 0 Å². The molecule has 0 radical (unpaired) electrons. The van der Waals surface area contributed by atoms with Gasteiger partial charge in [0.2, 0.25) is 0 Å². The number of rotatable bonds is 2. The van der Waals surface area contributed by atoms with Crippen LogP contribution in [0.2, 0.25) is 0 Å². The summed E-state index contributed by atoms with van der Waals surface area (Å²) in [5.74, 6) is -0.179. The summed E-state index contributed by atoms with van der Waals surface area (Å²) in [4.78, 5) is 10.8. The molecule has 0 N–H and O–H groups in total. The highest BCUT2D eigenvalue weighted by Gasteiger charge is 2.21. The Morgan fingerprint density at radius 2 is 2.38 bits per heavy atom. The first kappa shape index (κ1) is 10.5. The van der Waals surface area contributed by atoms with E-state index in [0.29, 0.717) is 0 Å². The minimum atomic E-state index is -0.179. The monoisotopic (exact) mass is 186 g/mol. The molecule has 3 heteroatoms. The lowest BCUT2D eigenvalue weighted by molar-refractivity contribution is -0.147. The fourth-order valence-electron chi connectivity index (χ4n) is 1.67. The molecule has 1 fully saturated rings. The van der Waals surface area contributed by atoms with Crippen LogP contribution in [0.5, 0.6) is 0 Å². The molecule has 0 saturated carbocycles. The van der Waals surface area contributed by atoms with Gasteiger partial charge in [0, 0.05) is 20.0 Å². The van der Waals surface area contributed by atoms with E-state index < -0.39 is 0 Å². The van der Waals surface area contributed by atoms with Crippen molar-refractivity contribution in [1.82, 2.24) is 0 Å². The maximum atomic E-state index is 10.8. The van der Waals surface area contributed by atoms with Crippen molar-refractivity contribution >= 4 is 5.97 Å². The molecule has 0 aromatic heterocycles. The van der Waals surface area contributed by atoms with Crippen LogP contribution in [0.3, 0.4) is 0 Å². The summed E-state index contributed by atoms with van der Waals surface area (Å²) in [5, 5.41) is 0. The second-order valence-electron chi connectivity index (χ2n) is 3.51. The van der Waals surface area contributed by atoms with Crippen LogP contribution in [-0.2, 0) is 14.3 Å². The van der Waals surface area contributed by atoms with Crippen molar-refractivity contribution in [3.05, 3.63) is 0 Å². The topological polar surface area (TPSA) is 35.5 Å². The van der Waals surface area contributed by atoms with Crippen LogP contribution >= 0.6 is 0 Å². The number of hydrogen-bond donors (Lipinski definition) is 0. The molecular weight excluding hydrogens is 168 g/mol. The number of esters is 1. The van der Waals surface area contributed by atoms with Gasteiger partial charge in [0.1, 0.15) is 6.10 Å². The lowest BCUT2D eigenvalue weighted by Crippen LogP contribution is -2.21. The highest BCUT2D eigenvalue weighted by Crippen LogP contribution is 2.18. The van der Waals surface area contributed by atoms with Crippen LogP contribution in [0.15, 0.2) is 0 Å². The summed E-state index contributed by atoms with van der Waals surface area (Å²) >= 11 is 0. The smallest absolute Gasteiger partial charge is 0.302 e. The molecule has 1 heterocycles. The third-order valence-corrected chi connectivity index (χ3v) is 2.34. The lowest BCUT2D eigenvalue weighted by atomic mass is 10.1. The Hall–Kier alpha value is -0.570. The molecule has 1 rings (SSSR count). The quantitative estimate of drug-likeness (QED) is 0.618. The molecule has 0 spiro atoms. The predicted octanol–water partition coefficient (Wildman–Crippen LogP) is 1.90. The average molecular weight is 186 g/mol. The van der Waals surface area contributed by atoms with Gasteiger partial charge in [0.25, 0.3) is 0 Å². The Labute approximate surface area is 79.4 Å². The van der Waals surface area contributed by atoms with Crippen LogP contribution in [-0.4, -0.2) is 24.8 Å². The van der Waals surface area contributed by atoms with Crippen molar-refractivity contribution in [3.8, 4) is 0 Å². The van der Waals surface area contributed by atoms with Gasteiger partial charge in [-0.1, -0.05) is 6.92 Å². The van der Waals surface area contributed by atoms with Gasteiger partial charge in [0.15, 0.2) is 0 Å². The standard InChI is InChI=1S/C10H18O3/c1-3-9-7-10(13-8(2)11)5-4-6-12-9/h9-10H,3-7H2,1-2H3.